The Kier molecular flexibility index (Phi) is 5.66. The molecule has 130 valence electrons. The predicted molar refractivity (Wildman–Crippen MR) is 104 cm³/mol. The lowest BCUT2D eigenvalue weighted by Gasteiger charge is -2.31. The standard InChI is InChI=1S/C20H22N2O2S/c1-2-14-24-17-11-9-16(10-12-17)19(23)21-20(25)22-13-5-7-15-6-3-4-8-18(15)22/h3-4,6,8-12H,2,5,7,13-14H2,1H3,(H,21,23,25). The fourth-order valence-electron chi connectivity index (χ4n) is 2.90. The molecule has 0 fully saturated rings. The van der Waals surface area contributed by atoms with Crippen molar-refractivity contribution in [3.63, 3.8) is 0 Å². The summed E-state index contributed by atoms with van der Waals surface area (Å²) in [6.07, 6.45) is 3.02. The molecule has 25 heavy (non-hydrogen) atoms. The second-order valence-corrected chi connectivity index (χ2v) is 6.40. The monoisotopic (exact) mass is 354 g/mol. The van der Waals surface area contributed by atoms with Gasteiger partial charge in [-0.1, -0.05) is 25.1 Å². The number of carbonyl (C=O) groups is 1. The third-order valence-electron chi connectivity index (χ3n) is 4.17. The van der Waals surface area contributed by atoms with Crippen molar-refractivity contribution in [1.82, 2.24) is 5.32 Å². The number of aryl methyl sites for hydroxylation is 1. The molecule has 1 heterocycles. The number of carbonyl (C=O) groups excluding carboxylic acids is 1. The lowest BCUT2D eigenvalue weighted by molar-refractivity contribution is 0.0977. The van der Waals surface area contributed by atoms with Crippen molar-refractivity contribution in [3.05, 3.63) is 59.7 Å². The average Bonchev–Trinajstić information content (AvgIpc) is 2.66. The van der Waals surface area contributed by atoms with Gasteiger partial charge in [-0.05, 0) is 67.4 Å². The zero-order valence-electron chi connectivity index (χ0n) is 14.3. The number of rotatable bonds is 4. The second-order valence-electron chi connectivity index (χ2n) is 6.02. The van der Waals surface area contributed by atoms with E-state index in [1.807, 2.05) is 35.2 Å². The van der Waals surface area contributed by atoms with Crippen molar-refractivity contribution in [2.24, 2.45) is 0 Å². The summed E-state index contributed by atoms with van der Waals surface area (Å²) in [6, 6.07) is 15.3. The highest BCUT2D eigenvalue weighted by atomic mass is 32.1. The van der Waals surface area contributed by atoms with Crippen LogP contribution in [0.2, 0.25) is 0 Å². The summed E-state index contributed by atoms with van der Waals surface area (Å²) in [6.45, 7) is 3.55. The van der Waals surface area contributed by atoms with Crippen LogP contribution >= 0.6 is 12.2 Å². The summed E-state index contributed by atoms with van der Waals surface area (Å²) in [5.41, 5.74) is 2.92. The van der Waals surface area contributed by atoms with Crippen LogP contribution < -0.4 is 15.0 Å². The number of nitrogens with zero attached hydrogens (tertiary/aromatic N) is 1. The molecule has 2 aromatic carbocycles. The smallest absolute Gasteiger partial charge is 0.257 e. The van der Waals surface area contributed by atoms with Gasteiger partial charge < -0.3 is 9.64 Å². The number of anilines is 1. The van der Waals surface area contributed by atoms with E-state index in [0.717, 1.165) is 37.2 Å². The molecular formula is C20H22N2O2S. The molecule has 0 bridgehead atoms. The van der Waals surface area contributed by atoms with Crippen molar-refractivity contribution >= 4 is 28.9 Å². The number of ether oxygens (including phenoxy) is 1. The third kappa shape index (κ3) is 4.17. The SMILES string of the molecule is CCCOc1ccc(C(=O)NC(=S)N2CCCc3ccccc32)cc1. The number of amides is 1. The van der Waals surface area contributed by atoms with Crippen LogP contribution in [-0.2, 0) is 6.42 Å². The van der Waals surface area contributed by atoms with Gasteiger partial charge in [-0.3, -0.25) is 10.1 Å². The molecule has 5 heteroatoms. The van der Waals surface area contributed by atoms with Gasteiger partial charge in [-0.2, -0.15) is 0 Å². The van der Waals surface area contributed by atoms with Crippen LogP contribution in [-0.4, -0.2) is 24.2 Å². The van der Waals surface area contributed by atoms with Crippen molar-refractivity contribution in [2.75, 3.05) is 18.1 Å². The minimum absolute atomic E-state index is 0.199. The Morgan fingerprint density at radius 3 is 2.72 bits per heavy atom. The number of benzene rings is 2. The van der Waals surface area contributed by atoms with Gasteiger partial charge in [0.05, 0.1) is 6.61 Å². The molecule has 1 N–H and O–H groups in total. The average molecular weight is 354 g/mol. The summed E-state index contributed by atoms with van der Waals surface area (Å²) in [4.78, 5) is 14.5. The second kappa shape index (κ2) is 8.12. The summed E-state index contributed by atoms with van der Waals surface area (Å²) in [5.74, 6) is 0.570. The van der Waals surface area contributed by atoms with Gasteiger partial charge >= 0.3 is 0 Å². The number of para-hydroxylation sites is 1. The van der Waals surface area contributed by atoms with E-state index in [1.54, 1.807) is 12.1 Å². The Bertz CT molecular complexity index is 759. The van der Waals surface area contributed by atoms with E-state index in [1.165, 1.54) is 5.56 Å². The number of nitrogens with one attached hydrogen (secondary N) is 1. The first-order valence-electron chi connectivity index (χ1n) is 8.62. The van der Waals surface area contributed by atoms with E-state index >= 15 is 0 Å². The molecule has 2 aromatic rings. The number of fused-ring (bicyclic) bond motifs is 1. The van der Waals surface area contributed by atoms with Gasteiger partial charge in [-0.15, -0.1) is 0 Å². The molecule has 0 saturated heterocycles. The minimum Gasteiger partial charge on any atom is -0.494 e. The molecule has 0 atom stereocenters. The summed E-state index contributed by atoms with van der Waals surface area (Å²) in [7, 11) is 0. The van der Waals surface area contributed by atoms with Crippen LogP contribution in [0.4, 0.5) is 5.69 Å². The maximum Gasteiger partial charge on any atom is 0.257 e. The first-order valence-corrected chi connectivity index (χ1v) is 9.03. The lowest BCUT2D eigenvalue weighted by Crippen LogP contribution is -2.45. The molecule has 0 aromatic heterocycles. The Morgan fingerprint density at radius 2 is 1.96 bits per heavy atom. The lowest BCUT2D eigenvalue weighted by atomic mass is 10.0. The van der Waals surface area contributed by atoms with Gasteiger partial charge in [0.1, 0.15) is 5.75 Å². The molecule has 0 aliphatic carbocycles. The minimum atomic E-state index is -0.199. The number of hydrogen-bond donors (Lipinski definition) is 1. The normalized spacial score (nSPS) is 13.1. The largest absolute Gasteiger partial charge is 0.494 e. The zero-order valence-corrected chi connectivity index (χ0v) is 15.1. The molecule has 0 spiro atoms. The molecule has 0 saturated carbocycles. The zero-order chi connectivity index (χ0) is 17.6. The Morgan fingerprint density at radius 1 is 1.20 bits per heavy atom. The van der Waals surface area contributed by atoms with Crippen LogP contribution in [0.25, 0.3) is 0 Å². The van der Waals surface area contributed by atoms with Crippen LogP contribution in [0.1, 0.15) is 35.7 Å². The topological polar surface area (TPSA) is 41.6 Å². The van der Waals surface area contributed by atoms with Crippen molar-refractivity contribution in [2.45, 2.75) is 26.2 Å². The third-order valence-corrected chi connectivity index (χ3v) is 4.49. The van der Waals surface area contributed by atoms with Crippen molar-refractivity contribution in [3.8, 4) is 5.75 Å². The van der Waals surface area contributed by atoms with Gasteiger partial charge in [0, 0.05) is 17.8 Å². The van der Waals surface area contributed by atoms with Gasteiger partial charge in [0.2, 0.25) is 0 Å². The summed E-state index contributed by atoms with van der Waals surface area (Å²) >= 11 is 5.48. The van der Waals surface area contributed by atoms with Gasteiger partial charge in [-0.25, -0.2) is 0 Å². The molecule has 1 amide bonds. The summed E-state index contributed by atoms with van der Waals surface area (Å²) in [5, 5.41) is 3.29. The Balaban J connectivity index is 1.66. The molecule has 0 unspecified atom stereocenters. The maximum absolute atomic E-state index is 12.5. The number of hydrogen-bond acceptors (Lipinski definition) is 3. The predicted octanol–water partition coefficient (Wildman–Crippen LogP) is 3.94. The number of thiocarbonyl (C=S) groups is 1. The van der Waals surface area contributed by atoms with Gasteiger partial charge in [0.25, 0.3) is 5.91 Å². The van der Waals surface area contributed by atoms with E-state index in [-0.39, 0.29) is 5.91 Å². The van der Waals surface area contributed by atoms with E-state index in [4.69, 9.17) is 17.0 Å². The van der Waals surface area contributed by atoms with Gasteiger partial charge in [0.15, 0.2) is 5.11 Å². The molecule has 0 radical (unpaired) electrons. The van der Waals surface area contributed by atoms with E-state index in [9.17, 15) is 4.79 Å². The summed E-state index contributed by atoms with van der Waals surface area (Å²) < 4.78 is 5.54. The first kappa shape index (κ1) is 17.4. The van der Waals surface area contributed by atoms with Crippen molar-refractivity contribution in [1.29, 1.82) is 0 Å². The van der Waals surface area contributed by atoms with Crippen LogP contribution in [0, 0.1) is 0 Å². The van der Waals surface area contributed by atoms with E-state index in [0.29, 0.717) is 17.3 Å². The highest BCUT2D eigenvalue weighted by molar-refractivity contribution is 7.80. The fourth-order valence-corrected chi connectivity index (χ4v) is 3.19. The van der Waals surface area contributed by atoms with Crippen LogP contribution in [0.3, 0.4) is 0 Å². The van der Waals surface area contributed by atoms with Crippen molar-refractivity contribution < 1.29 is 9.53 Å². The quantitative estimate of drug-likeness (QED) is 0.845. The molecule has 4 nitrogen and oxygen atoms in total. The van der Waals surface area contributed by atoms with Crippen LogP contribution in [0.5, 0.6) is 5.75 Å². The fraction of sp³-hybridized carbons (Fsp3) is 0.300. The molecule has 1 aliphatic rings. The molecule has 3 rings (SSSR count). The van der Waals surface area contributed by atoms with Crippen LogP contribution in [0.15, 0.2) is 48.5 Å². The van der Waals surface area contributed by atoms with E-state index in [2.05, 4.69) is 18.3 Å². The first-order chi connectivity index (χ1) is 12.2. The molecule has 1 aliphatic heterocycles. The highest BCUT2D eigenvalue weighted by Gasteiger charge is 2.21. The highest BCUT2D eigenvalue weighted by Crippen LogP contribution is 2.26. The van der Waals surface area contributed by atoms with E-state index < -0.39 is 0 Å². The molecular weight excluding hydrogens is 332 g/mol. The maximum atomic E-state index is 12.5. The Labute approximate surface area is 153 Å². The Hall–Kier alpha value is -2.40.